The maximum absolute atomic E-state index is 13.6. The SMILES string of the molecule is CN(CC1CCOCC1)CC(N)c1cc(F)ccc1F. The monoisotopic (exact) mass is 284 g/mol. The predicted octanol–water partition coefficient (Wildman–Crippen LogP) is 2.32. The minimum atomic E-state index is -0.518. The maximum atomic E-state index is 13.6. The van der Waals surface area contributed by atoms with E-state index in [1.165, 1.54) is 6.07 Å². The molecular weight excluding hydrogens is 262 g/mol. The Labute approximate surface area is 118 Å². The molecule has 1 aliphatic rings. The summed E-state index contributed by atoms with van der Waals surface area (Å²) in [5.74, 6) is -0.305. The molecule has 20 heavy (non-hydrogen) atoms. The van der Waals surface area contributed by atoms with Crippen LogP contribution in [0.15, 0.2) is 18.2 Å². The van der Waals surface area contributed by atoms with Crippen LogP contribution in [0.5, 0.6) is 0 Å². The van der Waals surface area contributed by atoms with E-state index in [4.69, 9.17) is 10.5 Å². The average molecular weight is 284 g/mol. The molecule has 0 radical (unpaired) electrons. The first-order valence-corrected chi connectivity index (χ1v) is 7.03. The minimum Gasteiger partial charge on any atom is -0.381 e. The Hall–Kier alpha value is -1.04. The van der Waals surface area contributed by atoms with E-state index in [1.54, 1.807) is 0 Å². The summed E-state index contributed by atoms with van der Waals surface area (Å²) in [5, 5.41) is 0. The third-order valence-electron chi connectivity index (χ3n) is 3.78. The van der Waals surface area contributed by atoms with E-state index < -0.39 is 17.7 Å². The van der Waals surface area contributed by atoms with Crippen molar-refractivity contribution in [1.29, 1.82) is 0 Å². The van der Waals surface area contributed by atoms with Crippen LogP contribution in [0, 0.1) is 17.6 Å². The van der Waals surface area contributed by atoms with Gasteiger partial charge in [0, 0.05) is 37.9 Å². The van der Waals surface area contributed by atoms with E-state index in [1.807, 2.05) is 7.05 Å². The van der Waals surface area contributed by atoms with Gasteiger partial charge in [0.05, 0.1) is 0 Å². The summed E-state index contributed by atoms with van der Waals surface area (Å²) in [7, 11) is 1.96. The second-order valence-corrected chi connectivity index (χ2v) is 5.55. The highest BCUT2D eigenvalue weighted by Crippen LogP contribution is 2.19. The molecule has 0 amide bonds. The molecule has 2 N–H and O–H groups in total. The molecule has 3 nitrogen and oxygen atoms in total. The van der Waals surface area contributed by atoms with Gasteiger partial charge in [0.25, 0.3) is 0 Å². The topological polar surface area (TPSA) is 38.5 Å². The Morgan fingerprint density at radius 2 is 2.05 bits per heavy atom. The van der Waals surface area contributed by atoms with Gasteiger partial charge in [-0.3, -0.25) is 0 Å². The van der Waals surface area contributed by atoms with Crippen LogP contribution in [0.25, 0.3) is 0 Å². The zero-order chi connectivity index (χ0) is 14.5. The average Bonchev–Trinajstić information content (AvgIpc) is 2.42. The van der Waals surface area contributed by atoms with E-state index in [0.29, 0.717) is 12.5 Å². The summed E-state index contributed by atoms with van der Waals surface area (Å²) in [6.07, 6.45) is 2.10. The van der Waals surface area contributed by atoms with Crippen LogP contribution in [0.4, 0.5) is 8.78 Å². The first-order valence-electron chi connectivity index (χ1n) is 7.03. The minimum absolute atomic E-state index is 0.240. The third-order valence-corrected chi connectivity index (χ3v) is 3.78. The lowest BCUT2D eigenvalue weighted by atomic mass is 9.99. The van der Waals surface area contributed by atoms with Gasteiger partial charge in [0.15, 0.2) is 0 Å². The fourth-order valence-corrected chi connectivity index (χ4v) is 2.68. The van der Waals surface area contributed by atoms with Crippen molar-refractivity contribution in [3.63, 3.8) is 0 Å². The van der Waals surface area contributed by atoms with E-state index >= 15 is 0 Å². The highest BCUT2D eigenvalue weighted by atomic mass is 19.1. The Morgan fingerprint density at radius 3 is 2.75 bits per heavy atom. The van der Waals surface area contributed by atoms with Crippen molar-refractivity contribution in [2.45, 2.75) is 18.9 Å². The van der Waals surface area contributed by atoms with E-state index in [-0.39, 0.29) is 5.56 Å². The van der Waals surface area contributed by atoms with Crippen LogP contribution in [-0.2, 0) is 4.74 Å². The summed E-state index contributed by atoms with van der Waals surface area (Å²) in [6.45, 7) is 3.04. The lowest BCUT2D eigenvalue weighted by Gasteiger charge is -2.28. The number of ether oxygens (including phenoxy) is 1. The summed E-state index contributed by atoms with van der Waals surface area (Å²) in [6, 6.07) is 2.90. The van der Waals surface area contributed by atoms with Crippen molar-refractivity contribution in [2.75, 3.05) is 33.4 Å². The Morgan fingerprint density at radius 1 is 1.35 bits per heavy atom. The molecule has 0 aliphatic carbocycles. The largest absolute Gasteiger partial charge is 0.381 e. The highest BCUT2D eigenvalue weighted by molar-refractivity contribution is 5.22. The zero-order valence-electron chi connectivity index (χ0n) is 11.8. The van der Waals surface area contributed by atoms with Crippen LogP contribution < -0.4 is 5.73 Å². The first-order chi connectivity index (χ1) is 9.56. The Kier molecular flexibility index (Phi) is 5.46. The van der Waals surface area contributed by atoms with Gasteiger partial charge in [0.1, 0.15) is 11.6 Å². The highest BCUT2D eigenvalue weighted by Gasteiger charge is 2.19. The molecule has 0 spiro atoms. The normalized spacial score (nSPS) is 18.4. The third kappa shape index (κ3) is 4.23. The second kappa shape index (κ2) is 7.11. The first kappa shape index (κ1) is 15.4. The van der Waals surface area contributed by atoms with Crippen molar-refractivity contribution < 1.29 is 13.5 Å². The van der Waals surface area contributed by atoms with Crippen molar-refractivity contribution in [1.82, 2.24) is 4.90 Å². The molecule has 1 saturated heterocycles. The summed E-state index contributed by atoms with van der Waals surface area (Å²) in [4.78, 5) is 2.09. The van der Waals surface area contributed by atoms with Crippen LogP contribution in [0.2, 0.25) is 0 Å². The fourth-order valence-electron chi connectivity index (χ4n) is 2.68. The van der Waals surface area contributed by atoms with Gasteiger partial charge < -0.3 is 15.4 Å². The molecule has 1 aliphatic heterocycles. The molecule has 112 valence electrons. The van der Waals surface area contributed by atoms with Crippen molar-refractivity contribution in [3.8, 4) is 0 Å². The van der Waals surface area contributed by atoms with Gasteiger partial charge in [-0.2, -0.15) is 0 Å². The van der Waals surface area contributed by atoms with Gasteiger partial charge in [-0.15, -0.1) is 0 Å². The van der Waals surface area contributed by atoms with Gasteiger partial charge >= 0.3 is 0 Å². The smallest absolute Gasteiger partial charge is 0.128 e. The number of likely N-dealkylation sites (N-methyl/N-ethyl adjacent to an activating group) is 1. The van der Waals surface area contributed by atoms with Crippen molar-refractivity contribution in [2.24, 2.45) is 11.7 Å². The second-order valence-electron chi connectivity index (χ2n) is 5.55. The molecule has 1 aromatic carbocycles. The molecule has 1 aromatic rings. The number of nitrogens with two attached hydrogens (primary N) is 1. The Balaban J connectivity index is 1.89. The summed E-state index contributed by atoms with van der Waals surface area (Å²) >= 11 is 0. The molecule has 1 fully saturated rings. The lowest BCUT2D eigenvalue weighted by Crippen LogP contribution is -2.35. The van der Waals surface area contributed by atoms with E-state index in [9.17, 15) is 8.78 Å². The summed E-state index contributed by atoms with van der Waals surface area (Å²) in [5.41, 5.74) is 6.24. The van der Waals surface area contributed by atoms with E-state index in [0.717, 1.165) is 44.7 Å². The molecule has 1 heterocycles. The van der Waals surface area contributed by atoms with Crippen LogP contribution in [0.3, 0.4) is 0 Å². The van der Waals surface area contributed by atoms with Crippen LogP contribution in [0.1, 0.15) is 24.4 Å². The Bertz CT molecular complexity index is 436. The molecule has 1 atom stereocenters. The molecule has 1 unspecified atom stereocenters. The molecule has 5 heteroatoms. The lowest BCUT2D eigenvalue weighted by molar-refractivity contribution is 0.0551. The van der Waals surface area contributed by atoms with Crippen LogP contribution in [-0.4, -0.2) is 38.3 Å². The molecule has 0 aromatic heterocycles. The number of halogens is 2. The molecule has 2 rings (SSSR count). The fraction of sp³-hybridized carbons (Fsp3) is 0.600. The molecule has 0 saturated carbocycles. The zero-order valence-corrected chi connectivity index (χ0v) is 11.8. The molecule has 0 bridgehead atoms. The number of rotatable bonds is 5. The van der Waals surface area contributed by atoms with Gasteiger partial charge in [-0.1, -0.05) is 0 Å². The number of nitrogens with zero attached hydrogens (tertiary/aromatic N) is 1. The van der Waals surface area contributed by atoms with Crippen LogP contribution >= 0.6 is 0 Å². The van der Waals surface area contributed by atoms with Crippen molar-refractivity contribution in [3.05, 3.63) is 35.4 Å². The van der Waals surface area contributed by atoms with Gasteiger partial charge in [-0.25, -0.2) is 8.78 Å². The predicted molar refractivity (Wildman–Crippen MR) is 74.3 cm³/mol. The van der Waals surface area contributed by atoms with Gasteiger partial charge in [-0.05, 0) is 44.0 Å². The standard InChI is InChI=1S/C15H22F2N2O/c1-19(9-11-4-6-20-7-5-11)10-15(18)13-8-12(16)2-3-14(13)17/h2-3,8,11,15H,4-7,9-10,18H2,1H3. The number of benzene rings is 1. The number of hydrogen-bond donors (Lipinski definition) is 1. The number of hydrogen-bond acceptors (Lipinski definition) is 3. The summed E-state index contributed by atoms with van der Waals surface area (Å²) < 4.78 is 32.1. The van der Waals surface area contributed by atoms with Crippen molar-refractivity contribution >= 4 is 0 Å². The maximum Gasteiger partial charge on any atom is 0.128 e. The molecular formula is C15H22F2N2O. The quantitative estimate of drug-likeness (QED) is 0.902. The van der Waals surface area contributed by atoms with E-state index in [2.05, 4.69) is 4.90 Å². The van der Waals surface area contributed by atoms with Gasteiger partial charge in [0.2, 0.25) is 0 Å².